The Labute approximate surface area is 139 Å². The average molecular weight is 369 g/mol. The van der Waals surface area contributed by atoms with Crippen LogP contribution < -0.4 is 5.32 Å². The Kier molecular flexibility index (Phi) is 5.58. The third-order valence-electron chi connectivity index (χ3n) is 3.89. The van der Waals surface area contributed by atoms with Crippen molar-refractivity contribution >= 4 is 33.4 Å². The highest BCUT2D eigenvalue weighted by atomic mass is 79.9. The summed E-state index contributed by atoms with van der Waals surface area (Å²) in [4.78, 5) is 26.1. The first kappa shape index (κ1) is 17.0. The summed E-state index contributed by atoms with van der Waals surface area (Å²) in [7, 11) is 1.61. The largest absolute Gasteiger partial charge is 0.383 e. The molecule has 1 aromatic rings. The van der Waals surface area contributed by atoms with Crippen molar-refractivity contribution in [3.8, 4) is 0 Å². The van der Waals surface area contributed by atoms with Gasteiger partial charge in [-0.15, -0.1) is 0 Å². The zero-order chi connectivity index (χ0) is 16.3. The van der Waals surface area contributed by atoms with Gasteiger partial charge in [-0.2, -0.15) is 0 Å². The van der Waals surface area contributed by atoms with Gasteiger partial charge in [0.2, 0.25) is 11.8 Å². The quantitative estimate of drug-likeness (QED) is 0.868. The fourth-order valence-corrected chi connectivity index (χ4v) is 2.88. The predicted octanol–water partition coefficient (Wildman–Crippen LogP) is 2.58. The second-order valence-corrected chi connectivity index (χ2v) is 6.56. The molecule has 0 spiro atoms. The number of halogens is 1. The average Bonchev–Trinajstić information content (AvgIpc) is 2.85. The molecule has 1 fully saturated rings. The summed E-state index contributed by atoms with van der Waals surface area (Å²) in [6.07, 6.45) is 0.259. The zero-order valence-electron chi connectivity index (χ0n) is 13.1. The van der Waals surface area contributed by atoms with E-state index in [9.17, 15) is 9.59 Å². The molecular formula is C16H21BrN2O3. The molecule has 0 bridgehead atoms. The van der Waals surface area contributed by atoms with Crippen molar-refractivity contribution in [3.63, 3.8) is 0 Å². The topological polar surface area (TPSA) is 58.6 Å². The molecule has 2 rings (SSSR count). The van der Waals surface area contributed by atoms with E-state index in [0.29, 0.717) is 13.2 Å². The van der Waals surface area contributed by atoms with Crippen molar-refractivity contribution in [2.45, 2.75) is 26.3 Å². The fraction of sp³-hybridized carbons (Fsp3) is 0.500. The monoisotopic (exact) mass is 368 g/mol. The van der Waals surface area contributed by atoms with Crippen LogP contribution in [0.5, 0.6) is 0 Å². The van der Waals surface area contributed by atoms with Crippen LogP contribution in [0.3, 0.4) is 0 Å². The molecule has 1 aliphatic rings. The van der Waals surface area contributed by atoms with E-state index in [-0.39, 0.29) is 30.2 Å². The summed E-state index contributed by atoms with van der Waals surface area (Å²) in [5.74, 6) is -0.408. The van der Waals surface area contributed by atoms with Gasteiger partial charge in [-0.1, -0.05) is 15.9 Å². The summed E-state index contributed by atoms with van der Waals surface area (Å²) in [6.45, 7) is 4.82. The lowest BCUT2D eigenvalue weighted by molar-refractivity contribution is -0.130. The van der Waals surface area contributed by atoms with Crippen LogP contribution in [0.15, 0.2) is 22.7 Å². The van der Waals surface area contributed by atoms with Crippen LogP contribution in [-0.2, 0) is 14.3 Å². The molecular weight excluding hydrogens is 348 g/mol. The smallest absolute Gasteiger partial charge is 0.229 e. The molecule has 0 radical (unpaired) electrons. The van der Waals surface area contributed by atoms with E-state index < -0.39 is 0 Å². The summed E-state index contributed by atoms with van der Waals surface area (Å²) in [5.41, 5.74) is 1.80. The maximum Gasteiger partial charge on any atom is 0.229 e. The molecule has 2 atom stereocenters. The number of hydrogen-bond acceptors (Lipinski definition) is 3. The minimum Gasteiger partial charge on any atom is -0.383 e. The highest BCUT2D eigenvalue weighted by Crippen LogP contribution is 2.24. The number of carbonyl (C=O) groups excluding carboxylic acids is 2. The van der Waals surface area contributed by atoms with Gasteiger partial charge in [-0.05, 0) is 37.6 Å². The number of likely N-dealkylation sites (tertiary alicyclic amines) is 1. The Balaban J connectivity index is 1.99. The lowest BCUT2D eigenvalue weighted by Crippen LogP contribution is -2.38. The number of aryl methyl sites for hydroxylation is 1. The minimum atomic E-state index is -0.309. The lowest BCUT2D eigenvalue weighted by atomic mass is 10.1. The maximum absolute atomic E-state index is 12.3. The van der Waals surface area contributed by atoms with Gasteiger partial charge in [0, 0.05) is 30.2 Å². The van der Waals surface area contributed by atoms with Crippen molar-refractivity contribution in [1.29, 1.82) is 0 Å². The Morgan fingerprint density at radius 1 is 1.55 bits per heavy atom. The van der Waals surface area contributed by atoms with Gasteiger partial charge in [-0.3, -0.25) is 9.59 Å². The second kappa shape index (κ2) is 7.24. The Hall–Kier alpha value is -1.40. The standard InChI is InChI=1S/C16H21BrN2O3/c1-10-6-13(4-5-14(10)17)18-16(21)12-7-15(20)19(8-12)11(2)9-22-3/h4-6,11-12H,7-9H2,1-3H3,(H,18,21)/t11-,12+/m1/s1. The van der Waals surface area contributed by atoms with Crippen molar-refractivity contribution in [2.75, 3.05) is 25.6 Å². The predicted molar refractivity (Wildman–Crippen MR) is 88.7 cm³/mol. The van der Waals surface area contributed by atoms with Crippen LogP contribution in [0.4, 0.5) is 5.69 Å². The Bertz CT molecular complexity index is 577. The summed E-state index contributed by atoms with van der Waals surface area (Å²) >= 11 is 3.43. The van der Waals surface area contributed by atoms with Gasteiger partial charge >= 0.3 is 0 Å². The summed E-state index contributed by atoms with van der Waals surface area (Å²) in [6, 6.07) is 5.64. The SMILES string of the molecule is COC[C@@H](C)N1C[C@@H](C(=O)Nc2ccc(Br)c(C)c2)CC1=O. The number of rotatable bonds is 5. The molecule has 1 N–H and O–H groups in total. The number of anilines is 1. The molecule has 2 amide bonds. The molecule has 1 saturated heterocycles. The summed E-state index contributed by atoms with van der Waals surface area (Å²) in [5, 5.41) is 2.89. The molecule has 1 aliphatic heterocycles. The highest BCUT2D eigenvalue weighted by molar-refractivity contribution is 9.10. The van der Waals surface area contributed by atoms with E-state index in [1.165, 1.54) is 0 Å². The van der Waals surface area contributed by atoms with Crippen molar-refractivity contribution in [3.05, 3.63) is 28.2 Å². The maximum atomic E-state index is 12.3. The van der Waals surface area contributed by atoms with E-state index in [1.54, 1.807) is 12.0 Å². The first-order valence-electron chi connectivity index (χ1n) is 7.27. The van der Waals surface area contributed by atoms with Crippen LogP contribution in [-0.4, -0.2) is 43.0 Å². The van der Waals surface area contributed by atoms with Gasteiger partial charge in [0.05, 0.1) is 18.6 Å². The van der Waals surface area contributed by atoms with Crippen LogP contribution in [0.2, 0.25) is 0 Å². The van der Waals surface area contributed by atoms with E-state index >= 15 is 0 Å². The number of methoxy groups -OCH3 is 1. The minimum absolute atomic E-state index is 0.00905. The molecule has 0 unspecified atom stereocenters. The first-order chi connectivity index (χ1) is 10.4. The van der Waals surface area contributed by atoms with Gasteiger partial charge in [0.1, 0.15) is 0 Å². The third kappa shape index (κ3) is 3.87. The second-order valence-electron chi connectivity index (χ2n) is 5.70. The number of nitrogens with one attached hydrogen (secondary N) is 1. The zero-order valence-corrected chi connectivity index (χ0v) is 14.6. The van der Waals surface area contributed by atoms with Gasteiger partial charge in [0.15, 0.2) is 0 Å². The Morgan fingerprint density at radius 2 is 2.27 bits per heavy atom. The molecule has 0 saturated carbocycles. The molecule has 120 valence electrons. The number of benzene rings is 1. The summed E-state index contributed by atoms with van der Waals surface area (Å²) < 4.78 is 6.08. The molecule has 0 aromatic heterocycles. The van der Waals surface area contributed by atoms with E-state index in [4.69, 9.17) is 4.74 Å². The van der Waals surface area contributed by atoms with Gasteiger partial charge in [0.25, 0.3) is 0 Å². The van der Waals surface area contributed by atoms with Gasteiger partial charge < -0.3 is 15.0 Å². The van der Waals surface area contributed by atoms with Crippen LogP contribution >= 0.6 is 15.9 Å². The first-order valence-corrected chi connectivity index (χ1v) is 8.07. The highest BCUT2D eigenvalue weighted by Gasteiger charge is 2.36. The third-order valence-corrected chi connectivity index (χ3v) is 4.78. The van der Waals surface area contributed by atoms with Crippen LogP contribution in [0.25, 0.3) is 0 Å². The van der Waals surface area contributed by atoms with E-state index in [0.717, 1.165) is 15.7 Å². The van der Waals surface area contributed by atoms with E-state index in [2.05, 4.69) is 21.2 Å². The fourth-order valence-electron chi connectivity index (χ4n) is 2.63. The van der Waals surface area contributed by atoms with Crippen molar-refractivity contribution < 1.29 is 14.3 Å². The molecule has 6 heteroatoms. The number of amides is 2. The van der Waals surface area contributed by atoms with E-state index in [1.807, 2.05) is 32.0 Å². The van der Waals surface area contributed by atoms with Crippen LogP contribution in [0.1, 0.15) is 18.9 Å². The normalized spacial score (nSPS) is 19.4. The number of carbonyl (C=O) groups is 2. The van der Waals surface area contributed by atoms with Crippen LogP contribution in [0, 0.1) is 12.8 Å². The number of ether oxygens (including phenoxy) is 1. The molecule has 1 heterocycles. The lowest BCUT2D eigenvalue weighted by Gasteiger charge is -2.23. The number of hydrogen-bond donors (Lipinski definition) is 1. The molecule has 22 heavy (non-hydrogen) atoms. The molecule has 1 aromatic carbocycles. The Morgan fingerprint density at radius 3 is 2.91 bits per heavy atom. The number of nitrogens with zero attached hydrogens (tertiary/aromatic N) is 1. The van der Waals surface area contributed by atoms with Crippen molar-refractivity contribution in [1.82, 2.24) is 4.90 Å². The van der Waals surface area contributed by atoms with Crippen molar-refractivity contribution in [2.24, 2.45) is 5.92 Å². The van der Waals surface area contributed by atoms with Gasteiger partial charge in [-0.25, -0.2) is 0 Å². The molecule has 0 aliphatic carbocycles. The molecule has 5 nitrogen and oxygen atoms in total.